The average Bonchev–Trinajstić information content (AvgIpc) is 2.38. The van der Waals surface area contributed by atoms with Crippen molar-refractivity contribution in [3.8, 4) is 0 Å². The predicted octanol–water partition coefficient (Wildman–Crippen LogP) is 5.11. The molecule has 0 aliphatic carbocycles. The Balaban J connectivity index is 2.13. The van der Waals surface area contributed by atoms with Gasteiger partial charge in [-0.1, -0.05) is 29.8 Å². The van der Waals surface area contributed by atoms with Gasteiger partial charge in [-0.3, -0.25) is 0 Å². The highest BCUT2D eigenvalue weighted by molar-refractivity contribution is 6.33. The fourth-order valence-electron chi connectivity index (χ4n) is 1.67. The molecule has 0 aliphatic heterocycles. The zero-order chi connectivity index (χ0) is 14.8. The molecule has 0 bridgehead atoms. The summed E-state index contributed by atoms with van der Waals surface area (Å²) in [7, 11) is 0. The van der Waals surface area contributed by atoms with E-state index in [9.17, 15) is 17.6 Å². The zero-order valence-corrected chi connectivity index (χ0v) is 10.9. The van der Waals surface area contributed by atoms with Gasteiger partial charge in [-0.15, -0.1) is 0 Å². The first-order valence-corrected chi connectivity index (χ1v) is 6.10. The average molecular weight is 304 g/mol. The van der Waals surface area contributed by atoms with Gasteiger partial charge in [0.05, 0.1) is 16.3 Å². The summed E-state index contributed by atoms with van der Waals surface area (Å²) in [6, 6.07) is 9.12. The molecule has 0 aromatic heterocycles. The standard InChI is InChI=1S/C14H10ClF4N/c15-11-7-10(14(17,18)19)5-6-13(11)20-8-9-3-1-2-4-12(9)16/h1-7,20H,8H2. The van der Waals surface area contributed by atoms with Gasteiger partial charge in [-0.05, 0) is 24.3 Å². The smallest absolute Gasteiger partial charge is 0.380 e. The molecule has 1 N–H and O–H groups in total. The lowest BCUT2D eigenvalue weighted by atomic mass is 10.1. The molecule has 0 spiro atoms. The number of alkyl halides is 3. The molecule has 2 aromatic carbocycles. The van der Waals surface area contributed by atoms with Crippen LogP contribution in [0.5, 0.6) is 0 Å². The minimum Gasteiger partial charge on any atom is -0.380 e. The van der Waals surface area contributed by atoms with Crippen molar-refractivity contribution < 1.29 is 17.6 Å². The van der Waals surface area contributed by atoms with E-state index in [-0.39, 0.29) is 17.4 Å². The molecule has 20 heavy (non-hydrogen) atoms. The minimum absolute atomic E-state index is 0.0591. The van der Waals surface area contributed by atoms with E-state index in [2.05, 4.69) is 5.32 Å². The first-order valence-electron chi connectivity index (χ1n) is 5.72. The van der Waals surface area contributed by atoms with Crippen LogP contribution >= 0.6 is 11.6 Å². The highest BCUT2D eigenvalue weighted by Crippen LogP contribution is 2.33. The van der Waals surface area contributed by atoms with Gasteiger partial charge in [0, 0.05) is 12.1 Å². The molecule has 0 radical (unpaired) electrons. The van der Waals surface area contributed by atoms with E-state index in [0.717, 1.165) is 12.1 Å². The monoisotopic (exact) mass is 303 g/mol. The first-order chi connectivity index (χ1) is 9.38. The molecule has 0 fully saturated rings. The maximum atomic E-state index is 13.4. The fourth-order valence-corrected chi connectivity index (χ4v) is 1.91. The van der Waals surface area contributed by atoms with Crippen LogP contribution in [0.25, 0.3) is 0 Å². The Morgan fingerprint density at radius 3 is 2.35 bits per heavy atom. The Bertz CT molecular complexity index is 610. The predicted molar refractivity (Wildman–Crippen MR) is 70.2 cm³/mol. The summed E-state index contributed by atoms with van der Waals surface area (Å²) in [6.45, 7) is 0.137. The second-order valence-corrected chi connectivity index (χ2v) is 4.54. The molecule has 6 heteroatoms. The molecule has 0 aliphatic rings. The molecule has 2 rings (SSSR count). The third-order valence-corrected chi connectivity index (χ3v) is 3.04. The number of hydrogen-bond acceptors (Lipinski definition) is 1. The molecule has 0 saturated carbocycles. The largest absolute Gasteiger partial charge is 0.416 e. The van der Waals surface area contributed by atoms with E-state index >= 15 is 0 Å². The summed E-state index contributed by atoms with van der Waals surface area (Å²) < 4.78 is 50.8. The van der Waals surface area contributed by atoms with Crippen LogP contribution in [0, 0.1) is 5.82 Å². The molecular weight excluding hydrogens is 294 g/mol. The van der Waals surface area contributed by atoms with Crippen molar-refractivity contribution >= 4 is 17.3 Å². The molecule has 0 atom stereocenters. The zero-order valence-electron chi connectivity index (χ0n) is 10.1. The lowest BCUT2D eigenvalue weighted by Crippen LogP contribution is -2.06. The highest BCUT2D eigenvalue weighted by atomic mass is 35.5. The number of benzene rings is 2. The van der Waals surface area contributed by atoms with E-state index in [4.69, 9.17) is 11.6 Å². The minimum atomic E-state index is -4.44. The van der Waals surface area contributed by atoms with Crippen LogP contribution in [0.2, 0.25) is 5.02 Å². The van der Waals surface area contributed by atoms with Crippen molar-refractivity contribution in [2.24, 2.45) is 0 Å². The molecular formula is C14H10ClF4N. The lowest BCUT2D eigenvalue weighted by Gasteiger charge is -2.12. The molecule has 1 nitrogen and oxygen atoms in total. The summed E-state index contributed by atoms with van der Waals surface area (Å²) in [5.74, 6) is -0.386. The Labute approximate surface area is 118 Å². The molecule has 0 heterocycles. The van der Waals surface area contributed by atoms with Gasteiger partial charge in [0.15, 0.2) is 0 Å². The summed E-state index contributed by atoms with van der Waals surface area (Å²) in [4.78, 5) is 0. The second-order valence-electron chi connectivity index (χ2n) is 4.14. The normalized spacial score (nSPS) is 11.4. The number of nitrogens with one attached hydrogen (secondary N) is 1. The second kappa shape index (κ2) is 5.71. The van der Waals surface area contributed by atoms with Crippen LogP contribution in [-0.2, 0) is 12.7 Å². The van der Waals surface area contributed by atoms with Crippen molar-refractivity contribution in [3.63, 3.8) is 0 Å². The molecule has 0 unspecified atom stereocenters. The van der Waals surface area contributed by atoms with Gasteiger partial charge in [0.1, 0.15) is 5.82 Å². The topological polar surface area (TPSA) is 12.0 Å². The van der Waals surface area contributed by atoms with Crippen LogP contribution in [-0.4, -0.2) is 0 Å². The van der Waals surface area contributed by atoms with Crippen molar-refractivity contribution in [1.29, 1.82) is 0 Å². The van der Waals surface area contributed by atoms with E-state index in [0.29, 0.717) is 11.3 Å². The summed E-state index contributed by atoms with van der Waals surface area (Å²) in [5.41, 5.74) is -0.0923. The number of rotatable bonds is 3. The van der Waals surface area contributed by atoms with E-state index in [1.807, 2.05) is 0 Å². The maximum Gasteiger partial charge on any atom is 0.416 e. The molecule has 0 amide bonds. The van der Waals surface area contributed by atoms with Crippen LogP contribution in [0.4, 0.5) is 23.2 Å². The van der Waals surface area contributed by atoms with Gasteiger partial charge in [0.2, 0.25) is 0 Å². The van der Waals surface area contributed by atoms with Crippen LogP contribution < -0.4 is 5.32 Å². The Kier molecular flexibility index (Phi) is 4.18. The number of hydrogen-bond donors (Lipinski definition) is 1. The molecule has 106 valence electrons. The highest BCUT2D eigenvalue weighted by Gasteiger charge is 2.30. The van der Waals surface area contributed by atoms with Crippen LogP contribution in [0.15, 0.2) is 42.5 Å². The SMILES string of the molecule is Fc1ccccc1CNc1ccc(C(F)(F)F)cc1Cl. The fraction of sp³-hybridized carbons (Fsp3) is 0.143. The lowest BCUT2D eigenvalue weighted by molar-refractivity contribution is -0.137. The Hall–Kier alpha value is -1.75. The Morgan fingerprint density at radius 1 is 1.05 bits per heavy atom. The number of halogens is 5. The van der Waals surface area contributed by atoms with Gasteiger partial charge >= 0.3 is 6.18 Å². The van der Waals surface area contributed by atoms with Gasteiger partial charge in [0.25, 0.3) is 0 Å². The third kappa shape index (κ3) is 3.42. The third-order valence-electron chi connectivity index (χ3n) is 2.72. The summed E-state index contributed by atoms with van der Waals surface area (Å²) >= 11 is 5.79. The Morgan fingerprint density at radius 2 is 1.75 bits per heavy atom. The van der Waals surface area contributed by atoms with Crippen molar-refractivity contribution in [3.05, 3.63) is 64.4 Å². The van der Waals surface area contributed by atoms with Crippen LogP contribution in [0.3, 0.4) is 0 Å². The van der Waals surface area contributed by atoms with Crippen molar-refractivity contribution in [2.45, 2.75) is 12.7 Å². The van der Waals surface area contributed by atoms with Gasteiger partial charge in [-0.2, -0.15) is 13.2 Å². The van der Waals surface area contributed by atoms with Crippen LogP contribution in [0.1, 0.15) is 11.1 Å². The molecule has 0 saturated heterocycles. The number of anilines is 1. The van der Waals surface area contributed by atoms with E-state index in [1.165, 1.54) is 12.1 Å². The summed E-state index contributed by atoms with van der Waals surface area (Å²) in [6.07, 6.45) is -4.44. The van der Waals surface area contributed by atoms with E-state index < -0.39 is 11.7 Å². The van der Waals surface area contributed by atoms with Gasteiger partial charge < -0.3 is 5.32 Å². The maximum absolute atomic E-state index is 13.4. The van der Waals surface area contributed by atoms with E-state index in [1.54, 1.807) is 18.2 Å². The van der Waals surface area contributed by atoms with Gasteiger partial charge in [-0.25, -0.2) is 4.39 Å². The van der Waals surface area contributed by atoms with Crippen molar-refractivity contribution in [1.82, 2.24) is 0 Å². The summed E-state index contributed by atoms with van der Waals surface area (Å²) in [5, 5.41) is 2.75. The quantitative estimate of drug-likeness (QED) is 0.777. The molecule has 2 aromatic rings. The van der Waals surface area contributed by atoms with Crippen molar-refractivity contribution in [2.75, 3.05) is 5.32 Å². The first kappa shape index (κ1) is 14.7.